The van der Waals surface area contributed by atoms with Gasteiger partial charge in [0.15, 0.2) is 0 Å². The maximum absolute atomic E-state index is 5.60. The Hall–Kier alpha value is -0.520. The zero-order chi connectivity index (χ0) is 7.98. The van der Waals surface area contributed by atoms with Crippen molar-refractivity contribution < 1.29 is 0 Å². The normalized spacial score (nSPS) is 13.1. The number of terminal acetylenes is 1. The van der Waals surface area contributed by atoms with Crippen LogP contribution < -0.4 is 5.84 Å². The summed E-state index contributed by atoms with van der Waals surface area (Å²) in [7, 11) is 0. The van der Waals surface area contributed by atoms with Crippen LogP contribution in [0, 0.1) is 18.3 Å². The zero-order valence-electron chi connectivity index (χ0n) is 6.80. The Morgan fingerprint density at radius 1 is 1.70 bits per heavy atom. The Morgan fingerprint density at radius 2 is 2.30 bits per heavy atom. The first-order chi connectivity index (χ1) is 4.70. The van der Waals surface area contributed by atoms with Gasteiger partial charge in [0.05, 0.1) is 0 Å². The summed E-state index contributed by atoms with van der Waals surface area (Å²) < 4.78 is 0. The van der Waals surface area contributed by atoms with Gasteiger partial charge in [-0.2, -0.15) is 0 Å². The molecule has 0 spiro atoms. The van der Waals surface area contributed by atoms with Gasteiger partial charge in [-0.25, -0.2) is 5.01 Å². The van der Waals surface area contributed by atoms with Crippen LogP contribution in [-0.4, -0.2) is 18.1 Å². The van der Waals surface area contributed by atoms with Crippen LogP contribution in [0.25, 0.3) is 0 Å². The predicted octanol–water partition coefficient (Wildman–Crippen LogP) is 0.841. The van der Waals surface area contributed by atoms with Crippen molar-refractivity contribution in [1.82, 2.24) is 5.01 Å². The molecule has 0 rings (SSSR count). The lowest BCUT2D eigenvalue weighted by Gasteiger charge is -2.16. The van der Waals surface area contributed by atoms with Crippen molar-refractivity contribution in [3.05, 3.63) is 0 Å². The number of hydrogen-bond acceptors (Lipinski definition) is 2. The van der Waals surface area contributed by atoms with E-state index >= 15 is 0 Å². The molecular weight excluding hydrogens is 124 g/mol. The molecule has 0 amide bonds. The molecule has 1 atom stereocenters. The number of nitrogens with zero attached hydrogens (tertiary/aromatic N) is 1. The van der Waals surface area contributed by atoms with E-state index in [1.54, 1.807) is 5.01 Å². The van der Waals surface area contributed by atoms with Gasteiger partial charge in [-0.05, 0) is 6.42 Å². The van der Waals surface area contributed by atoms with Gasteiger partial charge in [0.1, 0.15) is 0 Å². The second-order valence-corrected chi connectivity index (χ2v) is 2.56. The number of hydrogen-bond donors (Lipinski definition) is 1. The molecule has 1 unspecified atom stereocenters. The largest absolute Gasteiger partial charge is 0.269 e. The fourth-order valence-corrected chi connectivity index (χ4v) is 0.783. The Balaban J connectivity index is 3.39. The molecule has 2 heteroatoms. The van der Waals surface area contributed by atoms with E-state index in [1.807, 2.05) is 6.92 Å². The van der Waals surface area contributed by atoms with Crippen LogP contribution in [0.2, 0.25) is 0 Å². The SMILES string of the molecule is C#CC(C)CN(N)CCC. The van der Waals surface area contributed by atoms with Crippen LogP contribution in [0.15, 0.2) is 0 Å². The van der Waals surface area contributed by atoms with E-state index in [0.29, 0.717) is 0 Å². The lowest BCUT2D eigenvalue weighted by molar-refractivity contribution is 0.265. The predicted molar refractivity (Wildman–Crippen MR) is 44.0 cm³/mol. The molecule has 2 nitrogen and oxygen atoms in total. The molecule has 10 heavy (non-hydrogen) atoms. The highest BCUT2D eigenvalue weighted by Gasteiger charge is 2.01. The van der Waals surface area contributed by atoms with Crippen LogP contribution >= 0.6 is 0 Å². The lowest BCUT2D eigenvalue weighted by atomic mass is 10.2. The minimum absolute atomic E-state index is 0.261. The first-order valence-electron chi connectivity index (χ1n) is 3.66. The van der Waals surface area contributed by atoms with Crippen molar-refractivity contribution >= 4 is 0 Å². The van der Waals surface area contributed by atoms with Crippen LogP contribution in [0.1, 0.15) is 20.3 Å². The maximum Gasteiger partial charge on any atom is 0.0313 e. The molecule has 0 fully saturated rings. The maximum atomic E-state index is 5.60. The van der Waals surface area contributed by atoms with Gasteiger partial charge >= 0.3 is 0 Å². The van der Waals surface area contributed by atoms with Gasteiger partial charge in [0, 0.05) is 19.0 Å². The molecule has 0 heterocycles. The van der Waals surface area contributed by atoms with Gasteiger partial charge in [0.25, 0.3) is 0 Å². The summed E-state index contributed by atoms with van der Waals surface area (Å²) in [4.78, 5) is 0. The first kappa shape index (κ1) is 9.48. The summed E-state index contributed by atoms with van der Waals surface area (Å²) in [5.74, 6) is 8.49. The molecule has 0 aliphatic heterocycles. The molecule has 2 N–H and O–H groups in total. The third-order valence-corrected chi connectivity index (χ3v) is 1.30. The molecule has 0 saturated carbocycles. The van der Waals surface area contributed by atoms with Gasteiger partial charge in [-0.3, -0.25) is 5.84 Å². The van der Waals surface area contributed by atoms with E-state index in [0.717, 1.165) is 19.5 Å². The molecule has 0 saturated heterocycles. The lowest BCUT2D eigenvalue weighted by Crippen LogP contribution is -2.35. The summed E-state index contributed by atoms with van der Waals surface area (Å²) in [5, 5.41) is 1.77. The Kier molecular flexibility index (Phi) is 5.00. The van der Waals surface area contributed by atoms with E-state index in [-0.39, 0.29) is 5.92 Å². The highest BCUT2D eigenvalue weighted by atomic mass is 15.4. The zero-order valence-corrected chi connectivity index (χ0v) is 6.80. The van der Waals surface area contributed by atoms with Crippen LogP contribution in [0.4, 0.5) is 0 Å². The molecule has 0 aliphatic carbocycles. The quantitative estimate of drug-likeness (QED) is 0.356. The van der Waals surface area contributed by atoms with E-state index in [9.17, 15) is 0 Å². The van der Waals surface area contributed by atoms with Crippen molar-refractivity contribution in [3.63, 3.8) is 0 Å². The first-order valence-corrected chi connectivity index (χ1v) is 3.66. The number of rotatable bonds is 4. The second-order valence-electron chi connectivity index (χ2n) is 2.56. The molecule has 0 radical (unpaired) electrons. The Bertz CT molecular complexity index is 115. The topological polar surface area (TPSA) is 29.3 Å². The van der Waals surface area contributed by atoms with Gasteiger partial charge < -0.3 is 0 Å². The van der Waals surface area contributed by atoms with Gasteiger partial charge in [0.2, 0.25) is 0 Å². The van der Waals surface area contributed by atoms with Crippen LogP contribution in [0.5, 0.6) is 0 Å². The third kappa shape index (κ3) is 4.37. The van der Waals surface area contributed by atoms with Crippen molar-refractivity contribution in [3.8, 4) is 12.3 Å². The monoisotopic (exact) mass is 140 g/mol. The van der Waals surface area contributed by atoms with Crippen molar-refractivity contribution in [2.75, 3.05) is 13.1 Å². The number of hydrazine groups is 1. The summed E-state index contributed by atoms with van der Waals surface area (Å²) in [6, 6.07) is 0. The second kappa shape index (κ2) is 5.28. The van der Waals surface area contributed by atoms with Crippen LogP contribution in [-0.2, 0) is 0 Å². The van der Waals surface area contributed by atoms with Crippen LogP contribution in [0.3, 0.4) is 0 Å². The van der Waals surface area contributed by atoms with Gasteiger partial charge in [-0.15, -0.1) is 12.3 Å². The highest BCUT2D eigenvalue weighted by Crippen LogP contribution is 1.93. The molecule has 0 aromatic heterocycles. The molecule has 58 valence electrons. The summed E-state index contributed by atoms with van der Waals surface area (Å²) >= 11 is 0. The molecule has 0 bridgehead atoms. The summed E-state index contributed by atoms with van der Waals surface area (Å²) in [6.45, 7) is 5.81. The van der Waals surface area contributed by atoms with E-state index in [1.165, 1.54) is 0 Å². The van der Waals surface area contributed by atoms with Gasteiger partial charge in [-0.1, -0.05) is 13.8 Å². The smallest absolute Gasteiger partial charge is 0.0313 e. The fourth-order valence-electron chi connectivity index (χ4n) is 0.783. The molecule has 0 aromatic rings. The van der Waals surface area contributed by atoms with E-state index in [4.69, 9.17) is 12.3 Å². The molecule has 0 aliphatic rings. The highest BCUT2D eigenvalue weighted by molar-refractivity contribution is 4.91. The van der Waals surface area contributed by atoms with E-state index in [2.05, 4.69) is 12.8 Å². The van der Waals surface area contributed by atoms with Crippen molar-refractivity contribution in [2.24, 2.45) is 11.8 Å². The summed E-state index contributed by atoms with van der Waals surface area (Å²) in [6.07, 6.45) is 6.26. The molecule has 0 aromatic carbocycles. The van der Waals surface area contributed by atoms with Crippen molar-refractivity contribution in [1.29, 1.82) is 0 Å². The third-order valence-electron chi connectivity index (χ3n) is 1.30. The fraction of sp³-hybridized carbons (Fsp3) is 0.750. The standard InChI is InChI=1S/C8H16N2/c1-4-6-10(9)7-8(3)5-2/h2,8H,4,6-7,9H2,1,3H3. The Labute approximate surface area is 63.4 Å². The average molecular weight is 140 g/mol. The molecular formula is C8H16N2. The average Bonchev–Trinajstić information content (AvgIpc) is 1.88. The van der Waals surface area contributed by atoms with Crippen molar-refractivity contribution in [2.45, 2.75) is 20.3 Å². The Morgan fingerprint density at radius 3 is 2.70 bits per heavy atom. The summed E-state index contributed by atoms with van der Waals surface area (Å²) in [5.41, 5.74) is 0. The van der Waals surface area contributed by atoms with E-state index < -0.39 is 0 Å². The minimum atomic E-state index is 0.261. The minimum Gasteiger partial charge on any atom is -0.269 e. The number of nitrogens with two attached hydrogens (primary N) is 1.